The second-order valence-corrected chi connectivity index (χ2v) is 6.36. The first-order valence-corrected chi connectivity index (χ1v) is 7.99. The summed E-state index contributed by atoms with van der Waals surface area (Å²) in [5, 5.41) is 14.6. The lowest BCUT2D eigenvalue weighted by molar-refractivity contribution is 0.0572. The van der Waals surface area contributed by atoms with Crippen molar-refractivity contribution in [2.45, 2.75) is 39.8 Å². The van der Waals surface area contributed by atoms with Gasteiger partial charge in [0.05, 0.1) is 16.8 Å². The summed E-state index contributed by atoms with van der Waals surface area (Å²) in [5.74, 6) is -0.191. The molecule has 0 aliphatic rings. The molecule has 0 radical (unpaired) electrons. The molecule has 1 N–H and O–H groups in total. The monoisotopic (exact) mass is 335 g/mol. The van der Waals surface area contributed by atoms with E-state index in [1.165, 1.54) is 0 Å². The predicted octanol–water partition coefficient (Wildman–Crippen LogP) is 3.07. The fourth-order valence-electron chi connectivity index (χ4n) is 2.38. The molecule has 2 aromatic rings. The van der Waals surface area contributed by atoms with E-state index in [2.05, 4.69) is 5.10 Å². The number of carbonyl (C=O) groups is 1. The largest absolute Gasteiger partial charge is 0.392 e. The Morgan fingerprint density at radius 3 is 2.57 bits per heavy atom. The molecule has 1 heterocycles. The number of halogens is 1. The first-order chi connectivity index (χ1) is 10.8. The van der Waals surface area contributed by atoms with Crippen LogP contribution < -0.4 is 0 Å². The van der Waals surface area contributed by atoms with Gasteiger partial charge in [0.2, 0.25) is 0 Å². The molecule has 6 heteroatoms. The van der Waals surface area contributed by atoms with Crippen LogP contribution in [0.15, 0.2) is 30.5 Å². The summed E-state index contributed by atoms with van der Waals surface area (Å²) >= 11 is 6.19. The van der Waals surface area contributed by atoms with E-state index in [-0.39, 0.29) is 18.5 Å². The second-order valence-electron chi connectivity index (χ2n) is 5.96. The van der Waals surface area contributed by atoms with E-state index in [0.29, 0.717) is 10.7 Å². The van der Waals surface area contributed by atoms with Gasteiger partial charge >= 0.3 is 0 Å². The topological polar surface area (TPSA) is 58.4 Å². The zero-order valence-corrected chi connectivity index (χ0v) is 14.6. The smallest absolute Gasteiger partial charge is 0.274 e. The number of nitrogens with zero attached hydrogens (tertiary/aromatic N) is 3. The lowest BCUT2D eigenvalue weighted by atomic mass is 10.2. The first kappa shape index (κ1) is 17.5. The third-order valence-electron chi connectivity index (χ3n) is 3.54. The van der Waals surface area contributed by atoms with Crippen molar-refractivity contribution in [1.29, 1.82) is 0 Å². The molecule has 1 atom stereocenters. The van der Waals surface area contributed by atoms with Crippen LogP contribution in [0, 0.1) is 6.92 Å². The minimum absolute atomic E-state index is 0.0260. The lowest BCUT2D eigenvalue weighted by Gasteiger charge is -2.27. The number of aromatic nitrogens is 2. The van der Waals surface area contributed by atoms with E-state index in [9.17, 15) is 9.90 Å². The Morgan fingerprint density at radius 1 is 1.35 bits per heavy atom. The van der Waals surface area contributed by atoms with E-state index < -0.39 is 6.10 Å². The maximum Gasteiger partial charge on any atom is 0.274 e. The van der Waals surface area contributed by atoms with Crippen LogP contribution in [-0.2, 0) is 0 Å². The van der Waals surface area contributed by atoms with Gasteiger partial charge in [-0.1, -0.05) is 23.7 Å². The van der Waals surface area contributed by atoms with Crippen molar-refractivity contribution >= 4 is 17.5 Å². The zero-order valence-electron chi connectivity index (χ0n) is 13.8. The minimum atomic E-state index is -0.590. The van der Waals surface area contributed by atoms with Gasteiger partial charge in [0, 0.05) is 24.3 Å². The molecular formula is C17H22ClN3O2. The number of aryl methyl sites for hydroxylation is 1. The highest BCUT2D eigenvalue weighted by Crippen LogP contribution is 2.21. The number of aliphatic hydroxyl groups is 1. The summed E-state index contributed by atoms with van der Waals surface area (Å²) < 4.78 is 1.62. The number of hydrogen-bond acceptors (Lipinski definition) is 3. The van der Waals surface area contributed by atoms with Gasteiger partial charge in [-0.25, -0.2) is 4.68 Å². The molecule has 1 aromatic heterocycles. The SMILES string of the molecule is Cc1cn(-c2ccccc2Cl)nc1C(=O)N(CC(C)O)C(C)C. The molecule has 2 rings (SSSR count). The molecule has 0 saturated carbocycles. The van der Waals surface area contributed by atoms with Crippen LogP contribution >= 0.6 is 11.6 Å². The van der Waals surface area contributed by atoms with Crippen molar-refractivity contribution in [2.75, 3.05) is 6.54 Å². The third kappa shape index (κ3) is 3.92. The summed E-state index contributed by atoms with van der Waals surface area (Å²) in [7, 11) is 0. The van der Waals surface area contributed by atoms with Crippen LogP contribution in [0.25, 0.3) is 5.69 Å². The molecule has 5 nitrogen and oxygen atoms in total. The summed E-state index contributed by atoms with van der Waals surface area (Å²) in [6.07, 6.45) is 1.20. The van der Waals surface area contributed by atoms with E-state index >= 15 is 0 Å². The van der Waals surface area contributed by atoms with Gasteiger partial charge in [-0.05, 0) is 39.8 Å². The molecule has 0 saturated heterocycles. The normalized spacial score (nSPS) is 12.5. The molecule has 0 spiro atoms. The average Bonchev–Trinajstić information content (AvgIpc) is 2.86. The number of amides is 1. The van der Waals surface area contributed by atoms with Crippen molar-refractivity contribution in [3.05, 3.63) is 46.7 Å². The van der Waals surface area contributed by atoms with Crippen molar-refractivity contribution in [3.63, 3.8) is 0 Å². The van der Waals surface area contributed by atoms with Crippen LogP contribution in [0.1, 0.15) is 36.8 Å². The molecule has 124 valence electrons. The van der Waals surface area contributed by atoms with Crippen molar-refractivity contribution in [1.82, 2.24) is 14.7 Å². The highest BCUT2D eigenvalue weighted by Gasteiger charge is 2.24. The molecule has 23 heavy (non-hydrogen) atoms. The Kier molecular flexibility index (Phi) is 5.44. The number of hydrogen-bond donors (Lipinski definition) is 1. The van der Waals surface area contributed by atoms with E-state index in [4.69, 9.17) is 11.6 Å². The summed E-state index contributed by atoms with van der Waals surface area (Å²) in [4.78, 5) is 14.4. The van der Waals surface area contributed by atoms with E-state index in [1.807, 2.05) is 39.0 Å². The maximum absolute atomic E-state index is 12.8. The second kappa shape index (κ2) is 7.15. The predicted molar refractivity (Wildman–Crippen MR) is 91.2 cm³/mol. The standard InChI is InChI=1S/C17H22ClN3O2/c1-11(2)20(10-13(4)22)17(23)16-12(3)9-21(19-16)15-8-6-5-7-14(15)18/h5-9,11,13,22H,10H2,1-4H3. The lowest BCUT2D eigenvalue weighted by Crippen LogP contribution is -2.41. The van der Waals surface area contributed by atoms with E-state index in [1.54, 1.807) is 28.8 Å². The molecule has 1 aromatic carbocycles. The fraction of sp³-hybridized carbons (Fsp3) is 0.412. The molecule has 0 bridgehead atoms. The highest BCUT2D eigenvalue weighted by atomic mass is 35.5. The number of rotatable bonds is 5. The van der Waals surface area contributed by atoms with Gasteiger partial charge in [0.25, 0.3) is 5.91 Å². The Balaban J connectivity index is 2.37. The summed E-state index contributed by atoms with van der Waals surface area (Å²) in [5.41, 5.74) is 1.87. The van der Waals surface area contributed by atoms with E-state index in [0.717, 1.165) is 11.3 Å². The van der Waals surface area contributed by atoms with Crippen LogP contribution in [-0.4, -0.2) is 44.4 Å². The van der Waals surface area contributed by atoms with Crippen molar-refractivity contribution in [3.8, 4) is 5.69 Å². The van der Waals surface area contributed by atoms with Crippen LogP contribution in [0.4, 0.5) is 0 Å². The number of aliphatic hydroxyl groups excluding tert-OH is 1. The van der Waals surface area contributed by atoms with Gasteiger partial charge in [-0.2, -0.15) is 5.10 Å². The Labute approximate surface area is 141 Å². The molecule has 1 amide bonds. The highest BCUT2D eigenvalue weighted by molar-refractivity contribution is 6.32. The third-order valence-corrected chi connectivity index (χ3v) is 3.86. The summed E-state index contributed by atoms with van der Waals surface area (Å²) in [6, 6.07) is 7.31. The Hall–Kier alpha value is -1.85. The average molecular weight is 336 g/mol. The minimum Gasteiger partial charge on any atom is -0.392 e. The Bertz CT molecular complexity index is 695. The maximum atomic E-state index is 12.8. The molecule has 0 aliphatic heterocycles. The van der Waals surface area contributed by atoms with Gasteiger partial charge < -0.3 is 10.0 Å². The number of carbonyl (C=O) groups excluding carboxylic acids is 1. The van der Waals surface area contributed by atoms with Crippen LogP contribution in [0.3, 0.4) is 0 Å². The fourth-order valence-corrected chi connectivity index (χ4v) is 2.60. The first-order valence-electron chi connectivity index (χ1n) is 7.61. The van der Waals surface area contributed by atoms with Gasteiger partial charge in [0.1, 0.15) is 0 Å². The number of para-hydroxylation sites is 1. The molecule has 0 fully saturated rings. The van der Waals surface area contributed by atoms with Crippen molar-refractivity contribution in [2.24, 2.45) is 0 Å². The van der Waals surface area contributed by atoms with Gasteiger partial charge in [-0.15, -0.1) is 0 Å². The zero-order chi connectivity index (χ0) is 17.1. The van der Waals surface area contributed by atoms with Gasteiger partial charge in [0.15, 0.2) is 5.69 Å². The Morgan fingerprint density at radius 2 is 2.00 bits per heavy atom. The van der Waals surface area contributed by atoms with Crippen LogP contribution in [0.2, 0.25) is 5.02 Å². The van der Waals surface area contributed by atoms with Crippen LogP contribution in [0.5, 0.6) is 0 Å². The molecular weight excluding hydrogens is 314 g/mol. The van der Waals surface area contributed by atoms with Crippen molar-refractivity contribution < 1.29 is 9.90 Å². The molecule has 1 unspecified atom stereocenters. The summed E-state index contributed by atoms with van der Waals surface area (Å²) in [6.45, 7) is 7.61. The molecule has 0 aliphatic carbocycles. The van der Waals surface area contributed by atoms with Gasteiger partial charge in [-0.3, -0.25) is 4.79 Å². The number of benzene rings is 1. The quantitative estimate of drug-likeness (QED) is 0.913.